The van der Waals surface area contributed by atoms with Gasteiger partial charge in [0.25, 0.3) is 0 Å². The number of halogens is 1. The van der Waals surface area contributed by atoms with Crippen LogP contribution in [0.15, 0.2) is 18.2 Å². The van der Waals surface area contributed by atoms with Crippen molar-refractivity contribution in [1.29, 1.82) is 0 Å². The predicted molar refractivity (Wildman–Crippen MR) is 145 cm³/mol. The van der Waals surface area contributed by atoms with E-state index in [9.17, 15) is 24.2 Å². The highest BCUT2D eigenvalue weighted by Crippen LogP contribution is 2.32. The number of imidazole rings is 1. The monoisotopic (exact) mass is 550 g/mol. The number of carbonyl (C=O) groups excluding carboxylic acids is 1. The molecule has 11 heteroatoms. The summed E-state index contributed by atoms with van der Waals surface area (Å²) in [6.45, 7) is 10.9. The maximum absolute atomic E-state index is 15.0. The van der Waals surface area contributed by atoms with E-state index in [4.69, 9.17) is 9.47 Å². The quantitative estimate of drug-likeness (QED) is 0.315. The number of likely N-dealkylation sites (tertiary alicyclic amines) is 1. The third-order valence-electron chi connectivity index (χ3n) is 6.75. The molecule has 1 amide bonds. The zero-order valence-electron chi connectivity index (χ0n) is 23.9. The summed E-state index contributed by atoms with van der Waals surface area (Å²) in [4.78, 5) is 32.9. The molecule has 1 unspecified atom stereocenters. The Bertz CT molecular complexity index is 1130. The number of para-hydroxylation sites is 1. The van der Waals surface area contributed by atoms with E-state index in [0.29, 0.717) is 37.2 Å². The van der Waals surface area contributed by atoms with Crippen molar-refractivity contribution in [1.82, 2.24) is 19.4 Å². The molecule has 0 radical (unpaired) electrons. The molecule has 0 aliphatic carbocycles. The summed E-state index contributed by atoms with van der Waals surface area (Å²) >= 11 is 0. The smallest absolute Gasteiger partial charge is 0.410 e. The summed E-state index contributed by atoms with van der Waals surface area (Å²) < 4.78 is 27.4. The lowest BCUT2D eigenvalue weighted by atomic mass is 9.92. The number of aliphatic hydroxyl groups is 1. The molecule has 1 aromatic heterocycles. The molecule has 39 heavy (non-hydrogen) atoms. The van der Waals surface area contributed by atoms with Gasteiger partial charge in [-0.15, -0.1) is 0 Å². The fraction of sp³-hybridized carbons (Fsp3) is 0.679. The highest BCUT2D eigenvalue weighted by atomic mass is 19.1. The number of rotatable bonds is 11. The summed E-state index contributed by atoms with van der Waals surface area (Å²) in [5.41, 5.74) is 0.0103. The van der Waals surface area contributed by atoms with Crippen LogP contribution in [0.25, 0.3) is 11.0 Å². The van der Waals surface area contributed by atoms with Gasteiger partial charge >= 0.3 is 12.1 Å². The number of carboxylic acid groups (broad SMARTS) is 1. The summed E-state index contributed by atoms with van der Waals surface area (Å²) in [5, 5.41) is 21.7. The zero-order valence-corrected chi connectivity index (χ0v) is 23.9. The Hall–Kier alpha value is -2.76. The Morgan fingerprint density at radius 1 is 1.23 bits per heavy atom. The minimum atomic E-state index is -1.25. The van der Waals surface area contributed by atoms with Gasteiger partial charge in [0.05, 0.1) is 11.4 Å². The molecule has 0 spiro atoms. The Morgan fingerprint density at radius 3 is 2.56 bits per heavy atom. The van der Waals surface area contributed by atoms with Gasteiger partial charge in [0.2, 0.25) is 0 Å². The van der Waals surface area contributed by atoms with Crippen LogP contribution in [0.4, 0.5) is 9.18 Å². The molecule has 0 saturated carbocycles. The van der Waals surface area contributed by atoms with E-state index in [1.54, 1.807) is 49.5 Å². The van der Waals surface area contributed by atoms with Gasteiger partial charge in [-0.25, -0.2) is 14.2 Å². The van der Waals surface area contributed by atoms with Crippen molar-refractivity contribution in [3.05, 3.63) is 29.8 Å². The molecule has 1 aromatic carbocycles. The Labute approximate surface area is 229 Å². The molecule has 218 valence electrons. The number of hydrogen-bond donors (Lipinski definition) is 2. The predicted octanol–water partition coefficient (Wildman–Crippen LogP) is 4.26. The Kier molecular flexibility index (Phi) is 10.3. The molecule has 1 saturated heterocycles. The molecule has 3 atom stereocenters. The zero-order chi connectivity index (χ0) is 28.9. The SMILES string of the molecule is COCCCCn1c(C(O)N(CC(C)C)[C@H]2C[C@@H](C(=O)O)CN(C(=O)OC(C)(C)C)C2)nc2cccc(F)c21. The molecule has 2 N–H and O–H groups in total. The van der Waals surface area contributed by atoms with Gasteiger partial charge < -0.3 is 29.2 Å². The van der Waals surface area contributed by atoms with Crippen LogP contribution in [0, 0.1) is 17.7 Å². The van der Waals surface area contributed by atoms with Crippen LogP contribution in [0.2, 0.25) is 0 Å². The van der Waals surface area contributed by atoms with E-state index in [1.807, 2.05) is 13.8 Å². The van der Waals surface area contributed by atoms with Crippen LogP contribution < -0.4 is 0 Å². The Morgan fingerprint density at radius 2 is 1.95 bits per heavy atom. The van der Waals surface area contributed by atoms with Gasteiger partial charge in [0, 0.05) is 45.9 Å². The minimum absolute atomic E-state index is 0.0234. The van der Waals surface area contributed by atoms with Crippen LogP contribution in [0.3, 0.4) is 0 Å². The lowest BCUT2D eigenvalue weighted by Crippen LogP contribution is -2.56. The number of aromatic nitrogens is 2. The Balaban J connectivity index is 2.00. The number of piperidine rings is 1. The van der Waals surface area contributed by atoms with E-state index in [1.165, 1.54) is 11.0 Å². The van der Waals surface area contributed by atoms with E-state index in [0.717, 1.165) is 6.42 Å². The van der Waals surface area contributed by atoms with Crippen LogP contribution in [-0.2, 0) is 20.8 Å². The molecular formula is C28H43FN4O6. The van der Waals surface area contributed by atoms with Gasteiger partial charge in [0.1, 0.15) is 16.9 Å². The largest absolute Gasteiger partial charge is 0.481 e. The fourth-order valence-corrected chi connectivity index (χ4v) is 5.09. The number of aryl methyl sites for hydroxylation is 1. The molecule has 1 fully saturated rings. The third kappa shape index (κ3) is 7.89. The van der Waals surface area contributed by atoms with Crippen LogP contribution >= 0.6 is 0 Å². The molecule has 3 rings (SSSR count). The highest BCUT2D eigenvalue weighted by molar-refractivity contribution is 5.77. The lowest BCUT2D eigenvalue weighted by molar-refractivity contribution is -0.146. The van der Waals surface area contributed by atoms with Gasteiger partial charge in [-0.1, -0.05) is 19.9 Å². The van der Waals surface area contributed by atoms with E-state index in [-0.39, 0.29) is 31.3 Å². The number of aliphatic hydroxyl groups excluding tert-OH is 1. The van der Waals surface area contributed by atoms with Crippen LogP contribution in [-0.4, -0.2) is 86.6 Å². The molecule has 2 heterocycles. The molecular weight excluding hydrogens is 507 g/mol. The van der Waals surface area contributed by atoms with E-state index in [2.05, 4.69) is 4.98 Å². The maximum atomic E-state index is 15.0. The van der Waals surface area contributed by atoms with Gasteiger partial charge in [0.15, 0.2) is 12.1 Å². The first-order valence-electron chi connectivity index (χ1n) is 13.6. The lowest BCUT2D eigenvalue weighted by Gasteiger charge is -2.43. The van der Waals surface area contributed by atoms with E-state index >= 15 is 0 Å². The second kappa shape index (κ2) is 13.1. The molecule has 1 aliphatic rings. The number of carbonyl (C=O) groups is 2. The second-order valence-electron chi connectivity index (χ2n) is 11.7. The minimum Gasteiger partial charge on any atom is -0.481 e. The maximum Gasteiger partial charge on any atom is 0.410 e. The summed E-state index contributed by atoms with van der Waals surface area (Å²) in [6.07, 6.45) is -0.164. The van der Waals surface area contributed by atoms with Crippen molar-refractivity contribution < 1.29 is 33.7 Å². The normalized spacial score (nSPS) is 19.2. The molecule has 0 bridgehead atoms. The molecule has 1 aliphatic heterocycles. The standard InChI is InChI=1S/C28H43FN4O6/c1-18(2)15-33(20-14-19(26(35)36)16-31(17-20)27(37)39-28(3,4)5)25(34)24-30-22-11-9-10-21(29)23(22)32(24)12-7-8-13-38-6/h9-11,18-20,25,34H,7-8,12-17H2,1-6H3,(H,35,36)/t19-,20+,25?/m1/s1. The topological polar surface area (TPSA) is 117 Å². The van der Waals surface area contributed by atoms with Gasteiger partial charge in [-0.3, -0.25) is 9.69 Å². The van der Waals surface area contributed by atoms with Crippen molar-refractivity contribution in [3.8, 4) is 0 Å². The number of unbranched alkanes of at least 4 members (excludes halogenated alkanes) is 1. The van der Waals surface area contributed by atoms with Crippen molar-refractivity contribution in [2.75, 3.05) is 33.4 Å². The second-order valence-corrected chi connectivity index (χ2v) is 11.7. The van der Waals surface area contributed by atoms with Crippen molar-refractivity contribution in [3.63, 3.8) is 0 Å². The van der Waals surface area contributed by atoms with E-state index < -0.39 is 41.7 Å². The number of nitrogens with zero attached hydrogens (tertiary/aromatic N) is 4. The molecule has 10 nitrogen and oxygen atoms in total. The first-order chi connectivity index (χ1) is 18.3. The number of methoxy groups -OCH3 is 1. The van der Waals surface area contributed by atoms with Crippen LogP contribution in [0.1, 0.15) is 65.9 Å². The summed E-state index contributed by atoms with van der Waals surface area (Å²) in [7, 11) is 1.63. The van der Waals surface area contributed by atoms with Crippen LogP contribution in [0.5, 0.6) is 0 Å². The summed E-state index contributed by atoms with van der Waals surface area (Å²) in [6, 6.07) is 4.17. The van der Waals surface area contributed by atoms with Crippen molar-refractivity contribution >= 4 is 23.1 Å². The average Bonchev–Trinajstić information content (AvgIpc) is 3.23. The fourth-order valence-electron chi connectivity index (χ4n) is 5.09. The number of aliphatic carboxylic acids is 1. The average molecular weight is 551 g/mol. The molecule has 2 aromatic rings. The van der Waals surface area contributed by atoms with Gasteiger partial charge in [-0.2, -0.15) is 0 Å². The number of ether oxygens (including phenoxy) is 2. The first-order valence-corrected chi connectivity index (χ1v) is 13.6. The highest BCUT2D eigenvalue weighted by Gasteiger charge is 2.41. The number of fused-ring (bicyclic) bond motifs is 1. The number of hydrogen-bond acceptors (Lipinski definition) is 7. The number of carboxylic acids is 1. The first kappa shape index (κ1) is 30.8. The number of benzene rings is 1. The van der Waals surface area contributed by atoms with Crippen molar-refractivity contribution in [2.24, 2.45) is 11.8 Å². The third-order valence-corrected chi connectivity index (χ3v) is 6.75. The number of amides is 1. The summed E-state index contributed by atoms with van der Waals surface area (Å²) in [5.74, 6) is -1.88. The van der Waals surface area contributed by atoms with Crippen molar-refractivity contribution in [2.45, 2.75) is 78.3 Å². The van der Waals surface area contributed by atoms with Gasteiger partial charge in [-0.05, 0) is 58.1 Å².